The first-order chi connectivity index (χ1) is 14.6. The summed E-state index contributed by atoms with van der Waals surface area (Å²) in [5.41, 5.74) is 1.28. The molecular weight excluding hydrogens is 509 g/mol. The first-order valence-corrected chi connectivity index (χ1v) is 11.0. The van der Waals surface area contributed by atoms with E-state index in [9.17, 15) is 0 Å². The molecule has 7 nitrogen and oxygen atoms in total. The van der Waals surface area contributed by atoms with Crippen LogP contribution in [0.3, 0.4) is 0 Å². The van der Waals surface area contributed by atoms with Crippen molar-refractivity contribution in [3.8, 4) is 17.2 Å². The van der Waals surface area contributed by atoms with Crippen molar-refractivity contribution in [1.29, 1.82) is 0 Å². The third-order valence-corrected chi connectivity index (χ3v) is 6.66. The molecule has 2 aliphatic carbocycles. The zero-order valence-corrected chi connectivity index (χ0v) is 21.8. The van der Waals surface area contributed by atoms with E-state index in [1.165, 1.54) is 32.1 Å². The summed E-state index contributed by atoms with van der Waals surface area (Å²) in [6.07, 6.45) is 7.80. The molecule has 2 unspecified atom stereocenters. The van der Waals surface area contributed by atoms with Crippen LogP contribution in [0.1, 0.15) is 51.0 Å². The number of guanidine groups is 1. The normalized spacial score (nSPS) is 22.2. The largest absolute Gasteiger partial charge is 0.493 e. The number of halogens is 1. The lowest BCUT2D eigenvalue weighted by Crippen LogP contribution is -2.66. The van der Waals surface area contributed by atoms with Gasteiger partial charge in [0.25, 0.3) is 0 Å². The number of nitrogens with zero attached hydrogens (tertiary/aromatic N) is 1. The molecule has 1 spiro atoms. The number of aliphatic imine (C=N–C) groups is 1. The van der Waals surface area contributed by atoms with Crippen molar-refractivity contribution in [2.75, 3.05) is 35.0 Å². The molecule has 0 radical (unpaired) electrons. The fraction of sp³-hybridized carbons (Fsp3) is 0.696. The van der Waals surface area contributed by atoms with Crippen LogP contribution in [-0.4, -0.2) is 53.1 Å². The minimum Gasteiger partial charge on any atom is -0.493 e. The van der Waals surface area contributed by atoms with Crippen LogP contribution in [0.25, 0.3) is 0 Å². The van der Waals surface area contributed by atoms with Gasteiger partial charge in [0, 0.05) is 31.7 Å². The van der Waals surface area contributed by atoms with Gasteiger partial charge in [-0.2, -0.15) is 0 Å². The van der Waals surface area contributed by atoms with E-state index in [0.29, 0.717) is 35.9 Å². The van der Waals surface area contributed by atoms with Crippen LogP contribution in [-0.2, 0) is 11.3 Å². The second-order valence-corrected chi connectivity index (χ2v) is 8.13. The first kappa shape index (κ1) is 25.8. The molecule has 176 valence electrons. The van der Waals surface area contributed by atoms with E-state index < -0.39 is 0 Å². The highest BCUT2D eigenvalue weighted by molar-refractivity contribution is 14.0. The minimum absolute atomic E-state index is 0. The molecule has 0 aliphatic heterocycles. The average Bonchev–Trinajstić information content (AvgIpc) is 2.80. The van der Waals surface area contributed by atoms with Crippen molar-refractivity contribution in [2.45, 2.75) is 64.1 Å². The van der Waals surface area contributed by atoms with Crippen molar-refractivity contribution < 1.29 is 18.9 Å². The maximum absolute atomic E-state index is 6.08. The number of hydrogen-bond donors (Lipinski definition) is 2. The maximum Gasteiger partial charge on any atom is 0.203 e. The van der Waals surface area contributed by atoms with Gasteiger partial charge in [0.05, 0.1) is 27.4 Å². The SMILES string of the molecule is CCOC1CC(NC(=NC)NCc2cc(OC)c(OC)c(OC)c2)C12CCCCC2.I. The lowest BCUT2D eigenvalue weighted by atomic mass is 9.55. The molecule has 0 amide bonds. The van der Waals surface area contributed by atoms with E-state index in [-0.39, 0.29) is 29.4 Å². The predicted octanol–water partition coefficient (Wildman–Crippen LogP) is 4.12. The second-order valence-electron chi connectivity index (χ2n) is 8.13. The van der Waals surface area contributed by atoms with Gasteiger partial charge < -0.3 is 29.6 Å². The van der Waals surface area contributed by atoms with Crippen LogP contribution in [0, 0.1) is 5.41 Å². The van der Waals surface area contributed by atoms with Gasteiger partial charge in [-0.25, -0.2) is 0 Å². The summed E-state index contributed by atoms with van der Waals surface area (Å²) in [6.45, 7) is 3.48. The lowest BCUT2D eigenvalue weighted by Gasteiger charge is -2.57. The van der Waals surface area contributed by atoms with E-state index in [1.54, 1.807) is 21.3 Å². The molecule has 2 saturated carbocycles. The molecule has 1 aromatic carbocycles. The number of methoxy groups -OCH3 is 3. The molecule has 1 aromatic rings. The van der Waals surface area contributed by atoms with Gasteiger partial charge >= 0.3 is 0 Å². The fourth-order valence-electron chi connectivity index (χ4n) is 5.05. The molecule has 0 aromatic heterocycles. The smallest absolute Gasteiger partial charge is 0.203 e. The molecule has 3 rings (SSSR count). The topological polar surface area (TPSA) is 73.3 Å². The Morgan fingerprint density at radius 3 is 2.23 bits per heavy atom. The van der Waals surface area contributed by atoms with Crippen LogP contribution in [0.15, 0.2) is 17.1 Å². The van der Waals surface area contributed by atoms with Crippen LogP contribution in [0.4, 0.5) is 0 Å². The maximum atomic E-state index is 6.08. The minimum atomic E-state index is 0. The number of ether oxygens (including phenoxy) is 4. The Hall–Kier alpha value is -1.42. The molecule has 2 N–H and O–H groups in total. The van der Waals surface area contributed by atoms with E-state index in [0.717, 1.165) is 24.6 Å². The molecule has 2 aliphatic rings. The quantitative estimate of drug-likeness (QED) is 0.290. The van der Waals surface area contributed by atoms with E-state index in [1.807, 2.05) is 19.2 Å². The summed E-state index contributed by atoms with van der Waals surface area (Å²) in [4.78, 5) is 4.46. The Balaban J connectivity index is 0.00000341. The summed E-state index contributed by atoms with van der Waals surface area (Å²) >= 11 is 0. The zero-order valence-electron chi connectivity index (χ0n) is 19.5. The zero-order chi connectivity index (χ0) is 21.6. The number of hydrogen-bond acceptors (Lipinski definition) is 5. The summed E-state index contributed by atoms with van der Waals surface area (Å²) in [5, 5.41) is 7.11. The Morgan fingerprint density at radius 1 is 1.06 bits per heavy atom. The summed E-state index contributed by atoms with van der Waals surface area (Å²) in [6, 6.07) is 4.32. The van der Waals surface area contributed by atoms with Gasteiger partial charge in [-0.05, 0) is 43.9 Å². The summed E-state index contributed by atoms with van der Waals surface area (Å²) in [5.74, 6) is 2.71. The molecule has 8 heteroatoms. The van der Waals surface area contributed by atoms with Crippen molar-refractivity contribution in [3.05, 3.63) is 17.7 Å². The number of benzene rings is 1. The monoisotopic (exact) mass is 547 g/mol. The Bertz CT molecular complexity index is 713. The highest BCUT2D eigenvalue weighted by Gasteiger charge is 2.55. The van der Waals surface area contributed by atoms with Crippen molar-refractivity contribution >= 4 is 29.9 Å². The molecule has 31 heavy (non-hydrogen) atoms. The molecule has 2 atom stereocenters. The third-order valence-electron chi connectivity index (χ3n) is 6.66. The predicted molar refractivity (Wildman–Crippen MR) is 134 cm³/mol. The van der Waals surface area contributed by atoms with Gasteiger partial charge in [-0.1, -0.05) is 19.3 Å². The van der Waals surface area contributed by atoms with Crippen LogP contribution >= 0.6 is 24.0 Å². The van der Waals surface area contributed by atoms with Gasteiger partial charge in [-0.15, -0.1) is 24.0 Å². The average molecular weight is 547 g/mol. The van der Waals surface area contributed by atoms with E-state index in [4.69, 9.17) is 18.9 Å². The van der Waals surface area contributed by atoms with Crippen LogP contribution < -0.4 is 24.8 Å². The lowest BCUT2D eigenvalue weighted by molar-refractivity contribution is -0.145. The summed E-state index contributed by atoms with van der Waals surface area (Å²) < 4.78 is 22.4. The van der Waals surface area contributed by atoms with Gasteiger partial charge in [-0.3, -0.25) is 4.99 Å². The van der Waals surface area contributed by atoms with Gasteiger partial charge in [0.1, 0.15) is 0 Å². The van der Waals surface area contributed by atoms with Crippen molar-refractivity contribution in [3.63, 3.8) is 0 Å². The Kier molecular flexibility index (Phi) is 9.99. The second kappa shape index (κ2) is 12.0. The fourth-order valence-corrected chi connectivity index (χ4v) is 5.05. The van der Waals surface area contributed by atoms with Gasteiger partial charge in [0.2, 0.25) is 5.75 Å². The third kappa shape index (κ3) is 5.50. The Morgan fingerprint density at radius 2 is 1.71 bits per heavy atom. The van der Waals surface area contributed by atoms with Crippen LogP contribution in [0.2, 0.25) is 0 Å². The highest BCUT2D eigenvalue weighted by Crippen LogP contribution is 2.53. The first-order valence-electron chi connectivity index (χ1n) is 11.0. The summed E-state index contributed by atoms with van der Waals surface area (Å²) in [7, 11) is 6.68. The number of nitrogens with one attached hydrogen (secondary N) is 2. The molecule has 0 saturated heterocycles. The van der Waals surface area contributed by atoms with Gasteiger partial charge in [0.15, 0.2) is 17.5 Å². The highest BCUT2D eigenvalue weighted by atomic mass is 127. The van der Waals surface area contributed by atoms with E-state index >= 15 is 0 Å². The van der Waals surface area contributed by atoms with E-state index in [2.05, 4.69) is 22.5 Å². The molecule has 0 bridgehead atoms. The molecular formula is C23H38IN3O4. The van der Waals surface area contributed by atoms with Crippen molar-refractivity contribution in [2.24, 2.45) is 10.4 Å². The molecule has 0 heterocycles. The Labute approximate surface area is 203 Å². The molecule has 2 fully saturated rings. The van der Waals surface area contributed by atoms with Crippen molar-refractivity contribution in [1.82, 2.24) is 10.6 Å². The number of rotatable bonds is 8. The van der Waals surface area contributed by atoms with Crippen LogP contribution in [0.5, 0.6) is 17.2 Å². The standard InChI is InChI=1S/C23H37N3O4.HI/c1-6-30-20-14-19(23(20)10-8-7-9-11-23)26-22(24-2)25-15-16-12-17(27-3)21(29-5)18(13-16)28-4;/h12-13,19-20H,6-11,14-15H2,1-5H3,(H2,24,25,26);1H.